The number of rotatable bonds is 8. The van der Waals surface area contributed by atoms with Gasteiger partial charge in [-0.15, -0.1) is 0 Å². The van der Waals surface area contributed by atoms with E-state index in [1.54, 1.807) is 7.11 Å². The summed E-state index contributed by atoms with van der Waals surface area (Å²) in [5, 5.41) is 0. The predicted molar refractivity (Wildman–Crippen MR) is 75.4 cm³/mol. The van der Waals surface area contributed by atoms with E-state index in [9.17, 15) is 4.79 Å². The lowest BCUT2D eigenvalue weighted by Gasteiger charge is -2.17. The van der Waals surface area contributed by atoms with Crippen LogP contribution in [0.1, 0.15) is 18.4 Å². The highest BCUT2D eigenvalue weighted by molar-refractivity contribution is 5.69. The summed E-state index contributed by atoms with van der Waals surface area (Å²) in [6, 6.07) is 8.06. The minimum atomic E-state index is -0.141. The van der Waals surface area contributed by atoms with Gasteiger partial charge in [-0.05, 0) is 38.1 Å². The van der Waals surface area contributed by atoms with Crippen LogP contribution in [0.25, 0.3) is 0 Å². The van der Waals surface area contributed by atoms with Crippen LogP contribution in [-0.4, -0.2) is 45.2 Å². The monoisotopic (exact) mass is 265 g/mol. The summed E-state index contributed by atoms with van der Waals surface area (Å²) >= 11 is 0. The van der Waals surface area contributed by atoms with Crippen LogP contribution < -0.4 is 4.74 Å². The molecule has 0 spiro atoms. The molecule has 106 valence electrons. The number of hydrogen-bond donors (Lipinski definition) is 0. The molecule has 0 amide bonds. The first-order valence-corrected chi connectivity index (χ1v) is 6.54. The predicted octanol–water partition coefficient (Wildman–Crippen LogP) is 2.12. The minimum absolute atomic E-state index is 0.141. The van der Waals surface area contributed by atoms with Crippen LogP contribution in [0, 0.1) is 0 Å². The number of carbonyl (C=O) groups is 1. The number of para-hydroxylation sites is 1. The van der Waals surface area contributed by atoms with Gasteiger partial charge in [0.05, 0.1) is 14.2 Å². The summed E-state index contributed by atoms with van der Waals surface area (Å²) in [7, 11) is 5.18. The van der Waals surface area contributed by atoms with Gasteiger partial charge in [-0.1, -0.05) is 18.2 Å². The molecule has 4 heteroatoms. The molecular weight excluding hydrogens is 242 g/mol. The van der Waals surface area contributed by atoms with E-state index >= 15 is 0 Å². The second-order valence-electron chi connectivity index (χ2n) is 4.54. The molecule has 0 radical (unpaired) electrons. The molecule has 0 aromatic heterocycles. The zero-order valence-corrected chi connectivity index (χ0v) is 12.0. The first-order valence-electron chi connectivity index (χ1n) is 6.54. The molecule has 0 bridgehead atoms. The molecule has 1 rings (SSSR count). The Balaban J connectivity index is 2.29. The maximum absolute atomic E-state index is 11.0. The first-order chi connectivity index (χ1) is 9.17. The van der Waals surface area contributed by atoms with Gasteiger partial charge < -0.3 is 14.4 Å². The second kappa shape index (κ2) is 8.53. The van der Waals surface area contributed by atoms with Crippen molar-refractivity contribution in [2.24, 2.45) is 0 Å². The lowest BCUT2D eigenvalue weighted by atomic mass is 10.1. The topological polar surface area (TPSA) is 38.8 Å². The normalized spacial score (nSPS) is 10.5. The molecule has 0 saturated heterocycles. The Bertz CT molecular complexity index is 393. The van der Waals surface area contributed by atoms with E-state index < -0.39 is 0 Å². The highest BCUT2D eigenvalue weighted by atomic mass is 16.5. The third-order valence-corrected chi connectivity index (χ3v) is 3.10. The molecule has 0 N–H and O–H groups in total. The van der Waals surface area contributed by atoms with Crippen molar-refractivity contribution in [2.75, 3.05) is 34.4 Å². The van der Waals surface area contributed by atoms with E-state index in [2.05, 4.69) is 22.8 Å². The van der Waals surface area contributed by atoms with Crippen LogP contribution in [-0.2, 0) is 16.0 Å². The Morgan fingerprint density at radius 2 is 1.95 bits per heavy atom. The summed E-state index contributed by atoms with van der Waals surface area (Å²) in [6.07, 6.45) is 2.25. The number of benzene rings is 1. The van der Waals surface area contributed by atoms with Gasteiger partial charge in [0.2, 0.25) is 0 Å². The SMILES string of the molecule is COC(=O)CCCN(C)CCc1ccccc1OC. The van der Waals surface area contributed by atoms with Crippen LogP contribution in [0.2, 0.25) is 0 Å². The first kappa shape index (κ1) is 15.5. The zero-order chi connectivity index (χ0) is 14.1. The van der Waals surface area contributed by atoms with E-state index in [0.717, 1.165) is 31.7 Å². The number of esters is 1. The van der Waals surface area contributed by atoms with Crippen LogP contribution in [0.15, 0.2) is 24.3 Å². The molecule has 0 fully saturated rings. The third-order valence-electron chi connectivity index (χ3n) is 3.10. The molecule has 0 aliphatic rings. The highest BCUT2D eigenvalue weighted by Crippen LogP contribution is 2.17. The van der Waals surface area contributed by atoms with Gasteiger partial charge in [0.15, 0.2) is 0 Å². The van der Waals surface area contributed by atoms with Gasteiger partial charge in [-0.3, -0.25) is 4.79 Å². The van der Waals surface area contributed by atoms with Crippen molar-refractivity contribution >= 4 is 5.97 Å². The van der Waals surface area contributed by atoms with E-state index in [4.69, 9.17) is 4.74 Å². The number of ether oxygens (including phenoxy) is 2. The van der Waals surface area contributed by atoms with Crippen molar-refractivity contribution in [2.45, 2.75) is 19.3 Å². The smallest absolute Gasteiger partial charge is 0.305 e. The fourth-order valence-corrected chi connectivity index (χ4v) is 1.93. The fourth-order valence-electron chi connectivity index (χ4n) is 1.93. The number of carbonyl (C=O) groups excluding carboxylic acids is 1. The molecule has 4 nitrogen and oxygen atoms in total. The van der Waals surface area contributed by atoms with Crippen molar-refractivity contribution in [3.8, 4) is 5.75 Å². The molecule has 0 aliphatic heterocycles. The van der Waals surface area contributed by atoms with Crippen LogP contribution in [0.5, 0.6) is 5.75 Å². The van der Waals surface area contributed by atoms with Crippen LogP contribution >= 0.6 is 0 Å². The van der Waals surface area contributed by atoms with Crippen LogP contribution in [0.4, 0.5) is 0 Å². The molecule has 19 heavy (non-hydrogen) atoms. The Kier molecular flexibility index (Phi) is 6.97. The average Bonchev–Trinajstić information content (AvgIpc) is 2.45. The minimum Gasteiger partial charge on any atom is -0.496 e. The van der Waals surface area contributed by atoms with Gasteiger partial charge in [-0.25, -0.2) is 0 Å². The Labute approximate surface area is 115 Å². The molecule has 0 saturated carbocycles. The van der Waals surface area contributed by atoms with Gasteiger partial charge >= 0.3 is 5.97 Å². The molecule has 0 heterocycles. The lowest BCUT2D eigenvalue weighted by molar-refractivity contribution is -0.140. The van der Waals surface area contributed by atoms with Gasteiger partial charge in [-0.2, -0.15) is 0 Å². The number of methoxy groups -OCH3 is 2. The van der Waals surface area contributed by atoms with E-state index in [1.807, 2.05) is 18.2 Å². The molecule has 0 unspecified atom stereocenters. The van der Waals surface area contributed by atoms with Crippen molar-refractivity contribution < 1.29 is 14.3 Å². The maximum atomic E-state index is 11.0. The lowest BCUT2D eigenvalue weighted by Crippen LogP contribution is -2.23. The van der Waals surface area contributed by atoms with Gasteiger partial charge in [0, 0.05) is 13.0 Å². The molecule has 0 atom stereocenters. The third kappa shape index (κ3) is 5.75. The Morgan fingerprint density at radius 1 is 1.21 bits per heavy atom. The summed E-state index contributed by atoms with van der Waals surface area (Å²) in [5.41, 5.74) is 1.21. The Morgan fingerprint density at radius 3 is 2.63 bits per heavy atom. The van der Waals surface area contributed by atoms with E-state index in [1.165, 1.54) is 12.7 Å². The largest absolute Gasteiger partial charge is 0.496 e. The average molecular weight is 265 g/mol. The molecule has 1 aromatic rings. The Hall–Kier alpha value is -1.55. The van der Waals surface area contributed by atoms with Crippen molar-refractivity contribution in [1.29, 1.82) is 0 Å². The number of likely N-dealkylation sites (N-methyl/N-ethyl adjacent to an activating group) is 1. The van der Waals surface area contributed by atoms with Crippen LogP contribution in [0.3, 0.4) is 0 Å². The summed E-state index contributed by atoms with van der Waals surface area (Å²) in [4.78, 5) is 13.2. The number of hydrogen-bond acceptors (Lipinski definition) is 4. The summed E-state index contributed by atoms with van der Waals surface area (Å²) < 4.78 is 9.94. The molecular formula is C15H23NO3. The van der Waals surface area contributed by atoms with Crippen molar-refractivity contribution in [3.63, 3.8) is 0 Å². The number of nitrogens with zero attached hydrogens (tertiary/aromatic N) is 1. The van der Waals surface area contributed by atoms with Crippen molar-refractivity contribution in [3.05, 3.63) is 29.8 Å². The molecule has 1 aromatic carbocycles. The van der Waals surface area contributed by atoms with E-state index in [0.29, 0.717) is 6.42 Å². The summed E-state index contributed by atoms with van der Waals surface area (Å²) in [6.45, 7) is 1.84. The maximum Gasteiger partial charge on any atom is 0.305 e. The highest BCUT2D eigenvalue weighted by Gasteiger charge is 2.05. The molecule has 0 aliphatic carbocycles. The quantitative estimate of drug-likeness (QED) is 0.675. The van der Waals surface area contributed by atoms with E-state index in [-0.39, 0.29) is 5.97 Å². The summed E-state index contributed by atoms with van der Waals surface area (Å²) in [5.74, 6) is 0.795. The fraction of sp³-hybridized carbons (Fsp3) is 0.533. The second-order valence-corrected chi connectivity index (χ2v) is 4.54. The standard InChI is InChI=1S/C15H23NO3/c1-16(11-6-9-15(17)19-3)12-10-13-7-4-5-8-14(13)18-2/h4-5,7-8H,6,9-12H2,1-3H3. The zero-order valence-electron chi connectivity index (χ0n) is 12.0. The van der Waals surface area contributed by atoms with Crippen molar-refractivity contribution in [1.82, 2.24) is 4.90 Å². The van der Waals surface area contributed by atoms with Gasteiger partial charge in [0.1, 0.15) is 5.75 Å². The van der Waals surface area contributed by atoms with Gasteiger partial charge in [0.25, 0.3) is 0 Å².